The van der Waals surface area contributed by atoms with Gasteiger partial charge in [-0.2, -0.15) is 0 Å². The van der Waals surface area contributed by atoms with E-state index < -0.39 is 6.10 Å². The van der Waals surface area contributed by atoms with Crippen LogP contribution in [0.3, 0.4) is 0 Å². The Morgan fingerprint density at radius 3 is 1.44 bits per heavy atom. The molecule has 0 amide bonds. The normalized spacial score (nSPS) is 12.5. The van der Waals surface area contributed by atoms with Gasteiger partial charge >= 0.3 is 11.9 Å². The lowest BCUT2D eigenvalue weighted by Gasteiger charge is -2.18. The second-order valence-electron chi connectivity index (χ2n) is 14.2. The number of carbonyl (C=O) groups is 2. The molecule has 0 saturated heterocycles. The van der Waals surface area contributed by atoms with Gasteiger partial charge in [0.1, 0.15) is 6.61 Å². The molecule has 5 heteroatoms. The molecule has 292 valence electrons. The van der Waals surface area contributed by atoms with Crippen molar-refractivity contribution in [2.24, 2.45) is 0 Å². The zero-order valence-electron chi connectivity index (χ0n) is 33.4. The van der Waals surface area contributed by atoms with Gasteiger partial charge in [-0.25, -0.2) is 0 Å². The third-order valence-corrected chi connectivity index (χ3v) is 9.19. The monoisotopic (exact) mass is 703 g/mol. The van der Waals surface area contributed by atoms with Crippen molar-refractivity contribution in [3.63, 3.8) is 0 Å². The molecule has 0 aliphatic heterocycles. The second kappa shape index (κ2) is 41.5. The highest BCUT2D eigenvalue weighted by Gasteiger charge is 2.17. The van der Waals surface area contributed by atoms with Crippen molar-refractivity contribution < 1.29 is 23.8 Å². The second-order valence-corrected chi connectivity index (χ2v) is 14.2. The standard InChI is InChI=1S/C45H82O5/c1-4-7-10-13-15-17-19-20-21-22-23-24-25-27-29-31-34-37-40-48-41-43(50-45(47)39-36-32-12-9-6-3)42-49-44(46)38-35-33-30-28-26-18-16-14-11-8-5-2/h7,10,15,17,20-21,43H,4-6,8-9,11-14,16,18-19,22-42H2,1-3H3/b10-7-,17-15-,21-20-. The van der Waals surface area contributed by atoms with Gasteiger partial charge in [0.05, 0.1) is 6.61 Å². The Kier molecular flexibility index (Phi) is 40.0. The smallest absolute Gasteiger partial charge is 0.306 e. The van der Waals surface area contributed by atoms with Crippen LogP contribution in [-0.2, 0) is 23.8 Å². The maximum atomic E-state index is 12.5. The van der Waals surface area contributed by atoms with Crippen LogP contribution in [0.5, 0.6) is 0 Å². The maximum Gasteiger partial charge on any atom is 0.306 e. The zero-order chi connectivity index (χ0) is 36.4. The van der Waals surface area contributed by atoms with Gasteiger partial charge in [0.2, 0.25) is 0 Å². The van der Waals surface area contributed by atoms with Gasteiger partial charge in [-0.05, 0) is 51.4 Å². The zero-order valence-corrected chi connectivity index (χ0v) is 33.4. The highest BCUT2D eigenvalue weighted by Crippen LogP contribution is 2.14. The van der Waals surface area contributed by atoms with Crippen molar-refractivity contribution in [3.8, 4) is 0 Å². The molecule has 1 unspecified atom stereocenters. The summed E-state index contributed by atoms with van der Waals surface area (Å²) in [5.41, 5.74) is 0. The van der Waals surface area contributed by atoms with Gasteiger partial charge in [0, 0.05) is 19.4 Å². The number of carbonyl (C=O) groups excluding carboxylic acids is 2. The molecular weight excluding hydrogens is 620 g/mol. The molecule has 5 nitrogen and oxygen atoms in total. The van der Waals surface area contributed by atoms with Gasteiger partial charge in [0.25, 0.3) is 0 Å². The number of ether oxygens (including phenoxy) is 3. The quantitative estimate of drug-likeness (QED) is 0.0362. The molecule has 0 saturated carbocycles. The molecule has 0 heterocycles. The lowest BCUT2D eigenvalue weighted by Crippen LogP contribution is -2.30. The highest BCUT2D eigenvalue weighted by molar-refractivity contribution is 5.70. The van der Waals surface area contributed by atoms with E-state index in [4.69, 9.17) is 14.2 Å². The topological polar surface area (TPSA) is 61.8 Å². The number of unbranched alkanes of at least 4 members (excludes halogenated alkanes) is 22. The molecule has 0 aliphatic rings. The fourth-order valence-corrected chi connectivity index (χ4v) is 5.99. The molecule has 0 aliphatic carbocycles. The number of allylic oxidation sites excluding steroid dienone is 6. The van der Waals surface area contributed by atoms with Crippen LogP contribution < -0.4 is 0 Å². The summed E-state index contributed by atoms with van der Waals surface area (Å²) < 4.78 is 17.2. The molecule has 0 bridgehead atoms. The van der Waals surface area contributed by atoms with E-state index in [0.717, 1.165) is 64.2 Å². The Balaban J connectivity index is 4.05. The number of hydrogen-bond acceptors (Lipinski definition) is 5. The lowest BCUT2D eigenvalue weighted by atomic mass is 10.1. The third kappa shape index (κ3) is 38.9. The minimum atomic E-state index is -0.529. The summed E-state index contributed by atoms with van der Waals surface area (Å²) in [4.78, 5) is 24.9. The SMILES string of the molecule is CC/C=C\C/C=C\C/C=C\CCCCCCCCCCOCC(COC(=O)CCCCCCCCCCCCC)OC(=O)CCCCCCC. The Labute approximate surface area is 310 Å². The Morgan fingerprint density at radius 1 is 0.460 bits per heavy atom. The molecule has 0 aromatic heterocycles. The molecule has 1 atom stereocenters. The van der Waals surface area contributed by atoms with Crippen molar-refractivity contribution in [2.75, 3.05) is 19.8 Å². The molecule has 0 radical (unpaired) electrons. The van der Waals surface area contributed by atoms with Gasteiger partial charge in [-0.3, -0.25) is 9.59 Å². The van der Waals surface area contributed by atoms with Crippen molar-refractivity contribution in [1.82, 2.24) is 0 Å². The fraction of sp³-hybridized carbons (Fsp3) is 0.822. The van der Waals surface area contributed by atoms with Crippen LogP contribution in [-0.4, -0.2) is 37.9 Å². The predicted molar refractivity (Wildman–Crippen MR) is 215 cm³/mol. The van der Waals surface area contributed by atoms with E-state index in [2.05, 4.69) is 57.2 Å². The van der Waals surface area contributed by atoms with E-state index in [1.807, 2.05) is 0 Å². The molecule has 0 N–H and O–H groups in total. The molecular formula is C45H82O5. The van der Waals surface area contributed by atoms with Crippen molar-refractivity contribution >= 4 is 11.9 Å². The minimum absolute atomic E-state index is 0.0855. The van der Waals surface area contributed by atoms with Crippen LogP contribution in [0.25, 0.3) is 0 Å². The van der Waals surface area contributed by atoms with Crippen molar-refractivity contribution in [3.05, 3.63) is 36.5 Å². The predicted octanol–water partition coefficient (Wildman–Crippen LogP) is 13.9. The molecule has 50 heavy (non-hydrogen) atoms. The van der Waals surface area contributed by atoms with Gasteiger partial charge in [-0.15, -0.1) is 0 Å². The first-order chi connectivity index (χ1) is 24.6. The summed E-state index contributed by atoms with van der Waals surface area (Å²) in [5, 5.41) is 0. The van der Waals surface area contributed by atoms with Crippen LogP contribution in [0.1, 0.15) is 213 Å². The Hall–Kier alpha value is -1.88. The number of esters is 2. The molecule has 0 aromatic rings. The van der Waals surface area contributed by atoms with Gasteiger partial charge in [-0.1, -0.05) is 186 Å². The summed E-state index contributed by atoms with van der Waals surface area (Å²) in [6.07, 6.45) is 47.4. The maximum absolute atomic E-state index is 12.5. The molecule has 0 rings (SSSR count). The number of rotatable bonds is 39. The van der Waals surface area contributed by atoms with E-state index in [-0.39, 0.29) is 25.2 Å². The summed E-state index contributed by atoms with van der Waals surface area (Å²) in [6.45, 7) is 7.63. The summed E-state index contributed by atoms with van der Waals surface area (Å²) in [6, 6.07) is 0. The lowest BCUT2D eigenvalue weighted by molar-refractivity contribution is -0.163. The van der Waals surface area contributed by atoms with Crippen molar-refractivity contribution in [2.45, 2.75) is 219 Å². The number of hydrogen-bond donors (Lipinski definition) is 0. The Morgan fingerprint density at radius 2 is 0.900 bits per heavy atom. The minimum Gasteiger partial charge on any atom is -0.462 e. The first-order valence-electron chi connectivity index (χ1n) is 21.5. The average Bonchev–Trinajstić information content (AvgIpc) is 3.11. The van der Waals surface area contributed by atoms with E-state index in [0.29, 0.717) is 19.4 Å². The first-order valence-corrected chi connectivity index (χ1v) is 21.5. The van der Waals surface area contributed by atoms with Crippen LogP contribution in [0.4, 0.5) is 0 Å². The third-order valence-electron chi connectivity index (χ3n) is 9.19. The fourth-order valence-electron chi connectivity index (χ4n) is 5.99. The van der Waals surface area contributed by atoms with E-state index >= 15 is 0 Å². The van der Waals surface area contributed by atoms with E-state index in [1.54, 1.807) is 0 Å². The van der Waals surface area contributed by atoms with Crippen LogP contribution in [0.2, 0.25) is 0 Å². The van der Waals surface area contributed by atoms with Gasteiger partial charge in [0.15, 0.2) is 6.10 Å². The van der Waals surface area contributed by atoms with Crippen LogP contribution in [0.15, 0.2) is 36.5 Å². The van der Waals surface area contributed by atoms with Crippen molar-refractivity contribution in [1.29, 1.82) is 0 Å². The average molecular weight is 703 g/mol. The van der Waals surface area contributed by atoms with E-state index in [1.165, 1.54) is 116 Å². The van der Waals surface area contributed by atoms with Crippen LogP contribution >= 0.6 is 0 Å². The van der Waals surface area contributed by atoms with E-state index in [9.17, 15) is 9.59 Å². The summed E-state index contributed by atoms with van der Waals surface area (Å²) >= 11 is 0. The molecule has 0 spiro atoms. The van der Waals surface area contributed by atoms with Crippen LogP contribution in [0, 0.1) is 0 Å². The van der Waals surface area contributed by atoms with Gasteiger partial charge < -0.3 is 14.2 Å². The summed E-state index contributed by atoms with van der Waals surface area (Å²) in [7, 11) is 0. The first kappa shape index (κ1) is 48.1. The Bertz CT molecular complexity index is 801. The molecule has 0 aromatic carbocycles. The largest absolute Gasteiger partial charge is 0.462 e. The highest BCUT2D eigenvalue weighted by atomic mass is 16.6. The molecule has 0 fully saturated rings. The summed E-state index contributed by atoms with van der Waals surface area (Å²) in [5.74, 6) is -0.410.